The zero-order valence-electron chi connectivity index (χ0n) is 14.2. The smallest absolute Gasteiger partial charge is 0.254 e. The van der Waals surface area contributed by atoms with E-state index in [0.717, 1.165) is 6.42 Å². The lowest BCUT2D eigenvalue weighted by atomic mass is 10.0. The molecular formula is C17H21N5O3. The van der Waals surface area contributed by atoms with Crippen molar-refractivity contribution in [1.29, 1.82) is 0 Å². The second kappa shape index (κ2) is 7.02. The molecule has 132 valence electrons. The molecule has 8 heteroatoms. The van der Waals surface area contributed by atoms with Crippen LogP contribution >= 0.6 is 0 Å². The molecule has 2 amide bonds. The van der Waals surface area contributed by atoms with Gasteiger partial charge in [0.05, 0.1) is 23.7 Å². The topological polar surface area (TPSA) is 123 Å². The number of hydrogen-bond donors (Lipinski definition) is 3. The summed E-state index contributed by atoms with van der Waals surface area (Å²) in [6, 6.07) is 5.72. The van der Waals surface area contributed by atoms with Gasteiger partial charge in [-0.1, -0.05) is 31.1 Å². The molecular weight excluding hydrogens is 322 g/mol. The van der Waals surface area contributed by atoms with Crippen LogP contribution in [-0.2, 0) is 11.2 Å². The van der Waals surface area contributed by atoms with Crippen molar-refractivity contribution >= 4 is 17.5 Å². The van der Waals surface area contributed by atoms with E-state index in [1.807, 2.05) is 0 Å². The summed E-state index contributed by atoms with van der Waals surface area (Å²) in [6.07, 6.45) is 0.835. The minimum atomic E-state index is -0.797. The highest BCUT2D eigenvalue weighted by molar-refractivity contribution is 6.09. The van der Waals surface area contributed by atoms with Gasteiger partial charge < -0.3 is 20.9 Å². The first-order valence-corrected chi connectivity index (χ1v) is 8.23. The molecule has 0 saturated carbocycles. The Balaban J connectivity index is 1.72. The van der Waals surface area contributed by atoms with E-state index in [-0.39, 0.29) is 30.2 Å². The molecule has 1 aliphatic heterocycles. The first kappa shape index (κ1) is 17.1. The van der Waals surface area contributed by atoms with E-state index in [1.54, 1.807) is 24.3 Å². The number of anilines is 1. The first-order chi connectivity index (χ1) is 11.9. The fourth-order valence-electron chi connectivity index (χ4n) is 2.74. The number of fused-ring (bicyclic) bond motifs is 1. The summed E-state index contributed by atoms with van der Waals surface area (Å²) in [5, 5.41) is 9.32. The quantitative estimate of drug-likeness (QED) is 0.754. The van der Waals surface area contributed by atoms with Crippen molar-refractivity contribution in [2.24, 2.45) is 11.7 Å². The predicted molar refractivity (Wildman–Crippen MR) is 90.7 cm³/mol. The molecule has 0 bridgehead atoms. The van der Waals surface area contributed by atoms with E-state index in [1.165, 1.54) is 0 Å². The molecule has 2 aromatic rings. The fraction of sp³-hybridized carbons (Fsp3) is 0.412. The maximum absolute atomic E-state index is 12.4. The standard InChI is InChI=1S/C17H21N5O3/c1-9(2)7-11(18)15-21-14(25-22-15)8-13-17(24)19-12-6-4-3-5-10(12)16(23)20-13/h3-6,9,11,13H,7-8,18H2,1-2H3,(H,19,24)(H,20,23)/t11?,13-/m0/s1. The van der Waals surface area contributed by atoms with Crippen molar-refractivity contribution in [3.8, 4) is 0 Å². The van der Waals surface area contributed by atoms with Crippen LogP contribution in [-0.4, -0.2) is 28.0 Å². The summed E-state index contributed by atoms with van der Waals surface area (Å²) in [5.41, 5.74) is 6.94. The van der Waals surface area contributed by atoms with Crippen LogP contribution in [0.4, 0.5) is 5.69 Å². The minimum absolute atomic E-state index is 0.104. The molecule has 0 spiro atoms. The van der Waals surface area contributed by atoms with Crippen LogP contribution in [0.2, 0.25) is 0 Å². The number of para-hydroxylation sites is 1. The number of nitrogens with one attached hydrogen (secondary N) is 2. The predicted octanol–water partition coefficient (Wildman–Crippen LogP) is 1.41. The minimum Gasteiger partial charge on any atom is -0.340 e. The Kier molecular flexibility index (Phi) is 4.80. The van der Waals surface area contributed by atoms with Crippen LogP contribution < -0.4 is 16.4 Å². The number of carbonyl (C=O) groups excluding carboxylic acids is 2. The Morgan fingerprint density at radius 2 is 2.04 bits per heavy atom. The highest BCUT2D eigenvalue weighted by Gasteiger charge is 2.29. The average Bonchev–Trinajstić information content (AvgIpc) is 2.98. The Labute approximate surface area is 145 Å². The third-order valence-electron chi connectivity index (χ3n) is 3.97. The lowest BCUT2D eigenvalue weighted by Crippen LogP contribution is -2.42. The number of benzene rings is 1. The van der Waals surface area contributed by atoms with Gasteiger partial charge in [-0.05, 0) is 24.5 Å². The average molecular weight is 343 g/mol. The van der Waals surface area contributed by atoms with Crippen molar-refractivity contribution in [1.82, 2.24) is 15.5 Å². The van der Waals surface area contributed by atoms with E-state index in [4.69, 9.17) is 10.3 Å². The van der Waals surface area contributed by atoms with Gasteiger partial charge in [0.15, 0.2) is 5.82 Å². The van der Waals surface area contributed by atoms with Crippen molar-refractivity contribution in [2.75, 3.05) is 5.32 Å². The van der Waals surface area contributed by atoms with Gasteiger partial charge in [0.25, 0.3) is 5.91 Å². The normalized spacial score (nSPS) is 18.3. The molecule has 0 aliphatic carbocycles. The molecule has 1 aliphatic rings. The van der Waals surface area contributed by atoms with Gasteiger partial charge in [-0.15, -0.1) is 0 Å². The second-order valence-electron chi connectivity index (χ2n) is 6.55. The van der Waals surface area contributed by atoms with Gasteiger partial charge in [-0.3, -0.25) is 9.59 Å². The highest BCUT2D eigenvalue weighted by atomic mass is 16.5. The second-order valence-corrected chi connectivity index (χ2v) is 6.55. The lowest BCUT2D eigenvalue weighted by molar-refractivity contribution is -0.118. The van der Waals surface area contributed by atoms with E-state index < -0.39 is 6.04 Å². The van der Waals surface area contributed by atoms with E-state index in [2.05, 4.69) is 34.6 Å². The number of rotatable bonds is 5. The van der Waals surface area contributed by atoms with Gasteiger partial charge in [0, 0.05) is 0 Å². The molecule has 1 unspecified atom stereocenters. The van der Waals surface area contributed by atoms with Crippen LogP contribution in [0.5, 0.6) is 0 Å². The summed E-state index contributed by atoms with van der Waals surface area (Å²) >= 11 is 0. The number of aromatic nitrogens is 2. The maximum atomic E-state index is 12.4. The third kappa shape index (κ3) is 3.85. The van der Waals surface area contributed by atoms with Crippen LogP contribution in [0.1, 0.15) is 48.4 Å². The molecule has 4 N–H and O–H groups in total. The summed E-state index contributed by atoms with van der Waals surface area (Å²) in [7, 11) is 0. The van der Waals surface area contributed by atoms with E-state index >= 15 is 0 Å². The van der Waals surface area contributed by atoms with Gasteiger partial charge >= 0.3 is 0 Å². The molecule has 1 aromatic heterocycles. The highest BCUT2D eigenvalue weighted by Crippen LogP contribution is 2.20. The molecule has 8 nitrogen and oxygen atoms in total. The van der Waals surface area contributed by atoms with Gasteiger partial charge in [0.1, 0.15) is 6.04 Å². The van der Waals surface area contributed by atoms with Crippen LogP contribution in [0.15, 0.2) is 28.8 Å². The van der Waals surface area contributed by atoms with Crippen molar-refractivity contribution in [3.05, 3.63) is 41.5 Å². The molecule has 25 heavy (non-hydrogen) atoms. The zero-order chi connectivity index (χ0) is 18.0. The lowest BCUT2D eigenvalue weighted by Gasteiger charge is -2.12. The van der Waals surface area contributed by atoms with Crippen molar-refractivity contribution in [2.45, 2.75) is 38.8 Å². The monoisotopic (exact) mass is 343 g/mol. The van der Waals surface area contributed by atoms with Crippen molar-refractivity contribution < 1.29 is 14.1 Å². The van der Waals surface area contributed by atoms with E-state index in [0.29, 0.717) is 23.0 Å². The van der Waals surface area contributed by atoms with Gasteiger partial charge in [0.2, 0.25) is 11.8 Å². The van der Waals surface area contributed by atoms with Crippen LogP contribution in [0.25, 0.3) is 0 Å². The summed E-state index contributed by atoms with van der Waals surface area (Å²) in [5.74, 6) is 0.426. The third-order valence-corrected chi connectivity index (χ3v) is 3.97. The molecule has 2 atom stereocenters. The Bertz CT molecular complexity index is 786. The molecule has 3 rings (SSSR count). The Morgan fingerprint density at radius 3 is 2.80 bits per heavy atom. The number of hydrogen-bond acceptors (Lipinski definition) is 6. The number of amides is 2. The van der Waals surface area contributed by atoms with Crippen LogP contribution in [0, 0.1) is 5.92 Å². The van der Waals surface area contributed by atoms with Crippen LogP contribution in [0.3, 0.4) is 0 Å². The van der Waals surface area contributed by atoms with Crippen molar-refractivity contribution in [3.63, 3.8) is 0 Å². The Morgan fingerprint density at radius 1 is 1.28 bits per heavy atom. The summed E-state index contributed by atoms with van der Waals surface area (Å²) in [4.78, 5) is 28.9. The van der Waals surface area contributed by atoms with Gasteiger partial charge in [-0.25, -0.2) is 0 Å². The molecule has 0 saturated heterocycles. The number of carbonyl (C=O) groups is 2. The van der Waals surface area contributed by atoms with E-state index in [9.17, 15) is 9.59 Å². The maximum Gasteiger partial charge on any atom is 0.254 e. The molecule has 0 radical (unpaired) electrons. The van der Waals surface area contributed by atoms with Gasteiger partial charge in [-0.2, -0.15) is 4.98 Å². The Hall–Kier alpha value is -2.74. The summed E-state index contributed by atoms with van der Waals surface area (Å²) < 4.78 is 5.20. The molecule has 2 heterocycles. The largest absolute Gasteiger partial charge is 0.340 e. The first-order valence-electron chi connectivity index (χ1n) is 8.23. The number of nitrogens with two attached hydrogens (primary N) is 1. The SMILES string of the molecule is CC(C)CC(N)c1noc(C[C@@H]2NC(=O)c3ccccc3NC2=O)n1. The molecule has 0 fully saturated rings. The fourth-order valence-corrected chi connectivity index (χ4v) is 2.74. The molecule has 1 aromatic carbocycles. The number of nitrogens with zero attached hydrogens (tertiary/aromatic N) is 2. The zero-order valence-corrected chi connectivity index (χ0v) is 14.2. The summed E-state index contributed by atoms with van der Waals surface area (Å²) in [6.45, 7) is 4.12.